The van der Waals surface area contributed by atoms with Gasteiger partial charge in [0.15, 0.2) is 11.6 Å². The van der Waals surface area contributed by atoms with Gasteiger partial charge in [0.25, 0.3) is 5.91 Å². The van der Waals surface area contributed by atoms with Gasteiger partial charge in [0, 0.05) is 10.9 Å². The number of ether oxygens (including phenoxy) is 3. The number of aromatic nitrogens is 3. The fraction of sp³-hybridized carbons (Fsp3) is 0.231. The fourth-order valence-corrected chi connectivity index (χ4v) is 3.72. The molecule has 0 saturated carbocycles. The molecule has 0 radical (unpaired) electrons. The number of carbonyl (C=O) groups is 2. The zero-order valence-electron chi connectivity index (χ0n) is 20.0. The third kappa shape index (κ3) is 4.79. The highest BCUT2D eigenvalue weighted by molar-refractivity contribution is 6.07. The van der Waals surface area contributed by atoms with E-state index in [0.29, 0.717) is 35.0 Å². The monoisotopic (exact) mass is 474 g/mol. The van der Waals surface area contributed by atoms with Crippen molar-refractivity contribution in [3.05, 3.63) is 71.4 Å². The molecule has 9 nitrogen and oxygen atoms in total. The van der Waals surface area contributed by atoms with Crippen LogP contribution in [-0.4, -0.2) is 47.0 Å². The zero-order valence-corrected chi connectivity index (χ0v) is 20.0. The molecule has 2 aromatic heterocycles. The van der Waals surface area contributed by atoms with Crippen molar-refractivity contribution in [2.75, 3.05) is 25.6 Å². The average Bonchev–Trinajstić information content (AvgIpc) is 3.27. The number of carbonyl (C=O) groups excluding carboxylic acids is 2. The van der Waals surface area contributed by atoms with Gasteiger partial charge >= 0.3 is 5.97 Å². The van der Waals surface area contributed by atoms with Gasteiger partial charge in [-0.3, -0.25) is 4.79 Å². The maximum atomic E-state index is 13.2. The van der Waals surface area contributed by atoms with Crippen LogP contribution < -0.4 is 14.8 Å². The Labute approximate surface area is 202 Å². The molecule has 2 heterocycles. The first-order chi connectivity index (χ1) is 17.0. The number of anilines is 1. The van der Waals surface area contributed by atoms with E-state index < -0.39 is 11.9 Å². The summed E-state index contributed by atoms with van der Waals surface area (Å²) in [7, 11) is 1.58. The molecule has 9 heteroatoms. The van der Waals surface area contributed by atoms with Crippen LogP contribution in [0.2, 0.25) is 0 Å². The Balaban J connectivity index is 1.81. The van der Waals surface area contributed by atoms with Crippen molar-refractivity contribution in [2.45, 2.75) is 20.8 Å². The lowest BCUT2D eigenvalue weighted by molar-refractivity contribution is 0.0527. The van der Waals surface area contributed by atoms with Gasteiger partial charge < -0.3 is 19.5 Å². The Morgan fingerprint density at radius 3 is 2.60 bits per heavy atom. The maximum Gasteiger partial charge on any atom is 0.343 e. The summed E-state index contributed by atoms with van der Waals surface area (Å²) in [5, 5.41) is 8.09. The summed E-state index contributed by atoms with van der Waals surface area (Å²) in [6.07, 6.45) is 1.35. The van der Waals surface area contributed by atoms with Gasteiger partial charge in [0.2, 0.25) is 0 Å². The van der Waals surface area contributed by atoms with E-state index in [-0.39, 0.29) is 18.0 Å². The number of aryl methyl sites for hydroxylation is 1. The Hall–Kier alpha value is -4.40. The number of esters is 1. The number of nitrogens with one attached hydrogen (secondary N) is 1. The number of amides is 1. The molecule has 35 heavy (non-hydrogen) atoms. The predicted molar refractivity (Wildman–Crippen MR) is 132 cm³/mol. The first-order valence-corrected chi connectivity index (χ1v) is 11.2. The second kappa shape index (κ2) is 10.3. The Bertz CT molecular complexity index is 1400. The molecular formula is C26H26N4O5. The van der Waals surface area contributed by atoms with E-state index in [1.165, 1.54) is 10.9 Å². The van der Waals surface area contributed by atoms with E-state index in [0.717, 1.165) is 10.9 Å². The van der Waals surface area contributed by atoms with Crippen LogP contribution in [0.15, 0.2) is 54.7 Å². The normalized spacial score (nSPS) is 10.7. The molecule has 0 atom stereocenters. The third-order valence-corrected chi connectivity index (χ3v) is 5.34. The lowest BCUT2D eigenvalue weighted by Gasteiger charge is -2.13. The van der Waals surface area contributed by atoms with Gasteiger partial charge in [-0.2, -0.15) is 9.78 Å². The minimum absolute atomic E-state index is 0.112. The smallest absolute Gasteiger partial charge is 0.343 e. The number of hydrogen-bond acceptors (Lipinski definition) is 7. The summed E-state index contributed by atoms with van der Waals surface area (Å²) >= 11 is 0. The summed E-state index contributed by atoms with van der Waals surface area (Å²) < 4.78 is 17.6. The molecule has 0 unspecified atom stereocenters. The molecule has 4 aromatic rings. The fourth-order valence-electron chi connectivity index (χ4n) is 3.72. The number of fused-ring (bicyclic) bond motifs is 1. The van der Waals surface area contributed by atoms with Gasteiger partial charge in [-0.15, -0.1) is 0 Å². The van der Waals surface area contributed by atoms with Crippen LogP contribution in [0.5, 0.6) is 11.5 Å². The van der Waals surface area contributed by atoms with Gasteiger partial charge in [-0.05, 0) is 56.7 Å². The molecule has 0 aliphatic heterocycles. The first kappa shape index (κ1) is 23.7. The van der Waals surface area contributed by atoms with Crippen molar-refractivity contribution >= 4 is 28.6 Å². The van der Waals surface area contributed by atoms with Gasteiger partial charge in [0.05, 0.1) is 26.5 Å². The molecule has 0 spiro atoms. The summed E-state index contributed by atoms with van der Waals surface area (Å²) in [6, 6.07) is 14.3. The molecule has 0 aliphatic rings. The highest BCUT2D eigenvalue weighted by Gasteiger charge is 2.23. The molecule has 0 bridgehead atoms. The summed E-state index contributed by atoms with van der Waals surface area (Å²) in [6.45, 7) is 6.17. The highest BCUT2D eigenvalue weighted by Crippen LogP contribution is 2.29. The number of rotatable bonds is 8. The lowest BCUT2D eigenvalue weighted by Crippen LogP contribution is -2.18. The van der Waals surface area contributed by atoms with Gasteiger partial charge in [-0.1, -0.05) is 18.2 Å². The van der Waals surface area contributed by atoms with E-state index in [4.69, 9.17) is 19.2 Å². The lowest BCUT2D eigenvalue weighted by atomic mass is 10.1. The van der Waals surface area contributed by atoms with E-state index in [2.05, 4.69) is 10.4 Å². The van der Waals surface area contributed by atoms with Crippen LogP contribution in [0.1, 0.15) is 40.1 Å². The van der Waals surface area contributed by atoms with Gasteiger partial charge in [0.1, 0.15) is 22.6 Å². The number of para-hydroxylation sites is 1. The number of methoxy groups -OCH3 is 1. The maximum absolute atomic E-state index is 13.2. The van der Waals surface area contributed by atoms with Crippen molar-refractivity contribution in [2.24, 2.45) is 0 Å². The standard InChI is InChI=1S/C26H26N4O5/c1-5-34-18-10-7-9-17(14-18)25(31)29-24-20(26(32)35-6-2)15-27-30(24)22-13-16(3)19-11-8-12-21(33-4)23(19)28-22/h7-15H,5-6H2,1-4H3,(H,29,31). The van der Waals surface area contributed by atoms with Crippen molar-refractivity contribution in [3.8, 4) is 17.3 Å². The molecule has 0 aliphatic carbocycles. The van der Waals surface area contributed by atoms with Crippen molar-refractivity contribution in [1.82, 2.24) is 14.8 Å². The van der Waals surface area contributed by atoms with E-state index in [9.17, 15) is 9.59 Å². The zero-order chi connectivity index (χ0) is 24.9. The molecule has 0 saturated heterocycles. The number of hydrogen-bond donors (Lipinski definition) is 1. The van der Waals surface area contributed by atoms with Crippen LogP contribution in [-0.2, 0) is 4.74 Å². The summed E-state index contributed by atoms with van der Waals surface area (Å²) in [4.78, 5) is 30.6. The largest absolute Gasteiger partial charge is 0.494 e. The average molecular weight is 475 g/mol. The van der Waals surface area contributed by atoms with Crippen LogP contribution in [0, 0.1) is 6.92 Å². The Kier molecular flexibility index (Phi) is 6.96. The molecule has 0 fully saturated rings. The van der Waals surface area contributed by atoms with E-state index in [1.54, 1.807) is 38.3 Å². The van der Waals surface area contributed by atoms with Crippen LogP contribution in [0.25, 0.3) is 16.7 Å². The summed E-state index contributed by atoms with van der Waals surface area (Å²) in [5.41, 5.74) is 2.04. The number of pyridine rings is 1. The quantitative estimate of drug-likeness (QED) is 0.373. The predicted octanol–water partition coefficient (Wildman–Crippen LogP) is 4.57. The second-order valence-corrected chi connectivity index (χ2v) is 7.61. The SMILES string of the molecule is CCOC(=O)c1cnn(-c2cc(C)c3cccc(OC)c3n2)c1NC(=O)c1cccc(OCC)c1. The minimum atomic E-state index is -0.604. The molecule has 1 amide bonds. The molecule has 4 rings (SSSR count). The second-order valence-electron chi connectivity index (χ2n) is 7.61. The van der Waals surface area contributed by atoms with Crippen molar-refractivity contribution in [1.29, 1.82) is 0 Å². The summed E-state index contributed by atoms with van der Waals surface area (Å²) in [5.74, 6) is 0.688. The van der Waals surface area contributed by atoms with Crippen LogP contribution in [0.3, 0.4) is 0 Å². The molecule has 180 valence electrons. The van der Waals surface area contributed by atoms with Crippen LogP contribution in [0.4, 0.5) is 5.82 Å². The molecule has 2 aromatic carbocycles. The molecular weight excluding hydrogens is 448 g/mol. The van der Waals surface area contributed by atoms with E-state index in [1.807, 2.05) is 38.1 Å². The Morgan fingerprint density at radius 1 is 1.06 bits per heavy atom. The Morgan fingerprint density at radius 2 is 1.86 bits per heavy atom. The number of nitrogens with zero attached hydrogens (tertiary/aromatic N) is 3. The highest BCUT2D eigenvalue weighted by atomic mass is 16.5. The molecule has 1 N–H and O–H groups in total. The topological polar surface area (TPSA) is 105 Å². The van der Waals surface area contributed by atoms with Crippen molar-refractivity contribution < 1.29 is 23.8 Å². The van der Waals surface area contributed by atoms with Crippen molar-refractivity contribution in [3.63, 3.8) is 0 Å². The number of benzene rings is 2. The van der Waals surface area contributed by atoms with E-state index >= 15 is 0 Å². The van der Waals surface area contributed by atoms with Gasteiger partial charge in [-0.25, -0.2) is 9.78 Å². The third-order valence-electron chi connectivity index (χ3n) is 5.34. The first-order valence-electron chi connectivity index (χ1n) is 11.2. The minimum Gasteiger partial charge on any atom is -0.494 e. The van der Waals surface area contributed by atoms with Crippen LogP contribution >= 0.6 is 0 Å².